The van der Waals surface area contributed by atoms with Crippen LogP contribution in [0.15, 0.2) is 18.2 Å². The summed E-state index contributed by atoms with van der Waals surface area (Å²) in [5, 5.41) is 11.7. The van der Waals surface area contributed by atoms with Crippen LogP contribution in [0.5, 0.6) is 0 Å². The summed E-state index contributed by atoms with van der Waals surface area (Å²) in [5.41, 5.74) is 0.672. The molecule has 0 aliphatic heterocycles. The van der Waals surface area contributed by atoms with E-state index in [2.05, 4.69) is 5.32 Å². The zero-order valence-corrected chi connectivity index (χ0v) is 8.88. The van der Waals surface area contributed by atoms with Crippen molar-refractivity contribution in [3.05, 3.63) is 34.6 Å². The molecule has 0 fully saturated rings. The van der Waals surface area contributed by atoms with E-state index >= 15 is 0 Å². The highest BCUT2D eigenvalue weighted by Crippen LogP contribution is 2.16. The fraction of sp³-hybridized carbons (Fsp3) is 0.300. The summed E-state index contributed by atoms with van der Waals surface area (Å²) in [6.07, 6.45) is 0. The Labute approximate surface area is 91.9 Å². The highest BCUT2D eigenvalue weighted by molar-refractivity contribution is 6.31. The van der Waals surface area contributed by atoms with Crippen LogP contribution in [0.1, 0.15) is 12.5 Å². The molecule has 0 saturated heterocycles. The first-order valence-corrected chi connectivity index (χ1v) is 4.78. The van der Waals surface area contributed by atoms with Crippen LogP contribution < -0.4 is 5.32 Å². The van der Waals surface area contributed by atoms with Crippen molar-refractivity contribution in [2.45, 2.75) is 19.5 Å². The molecule has 2 N–H and O–H groups in total. The van der Waals surface area contributed by atoms with Gasteiger partial charge in [-0.1, -0.05) is 17.7 Å². The molecule has 0 saturated carbocycles. The van der Waals surface area contributed by atoms with Gasteiger partial charge in [-0.2, -0.15) is 0 Å². The second-order valence-electron chi connectivity index (χ2n) is 3.18. The number of hydrogen-bond donors (Lipinski definition) is 2. The zero-order valence-electron chi connectivity index (χ0n) is 8.13. The molecule has 0 aliphatic carbocycles. The molecule has 1 rings (SSSR count). The summed E-state index contributed by atoms with van der Waals surface area (Å²) in [4.78, 5) is 10.5. The van der Waals surface area contributed by atoms with Gasteiger partial charge in [0.1, 0.15) is 11.9 Å². The minimum Gasteiger partial charge on any atom is -0.480 e. The number of carboxylic acids is 1. The SMILES string of the molecule is C[C@@H](NCc1ccc(F)cc1Cl)C(=O)O. The van der Waals surface area contributed by atoms with Crippen molar-refractivity contribution in [1.82, 2.24) is 5.32 Å². The summed E-state index contributed by atoms with van der Waals surface area (Å²) >= 11 is 5.77. The van der Waals surface area contributed by atoms with Crippen LogP contribution in [0.25, 0.3) is 0 Å². The largest absolute Gasteiger partial charge is 0.480 e. The molecule has 0 heterocycles. The van der Waals surface area contributed by atoms with E-state index in [9.17, 15) is 9.18 Å². The Bertz CT molecular complexity index is 370. The average molecular weight is 232 g/mol. The molecular weight excluding hydrogens is 221 g/mol. The first-order valence-electron chi connectivity index (χ1n) is 4.41. The van der Waals surface area contributed by atoms with Crippen molar-refractivity contribution < 1.29 is 14.3 Å². The quantitative estimate of drug-likeness (QED) is 0.834. The standard InChI is InChI=1S/C10H11ClFNO2/c1-6(10(14)15)13-5-7-2-3-8(12)4-9(7)11/h2-4,6,13H,5H2,1H3,(H,14,15)/t6-/m1/s1. The topological polar surface area (TPSA) is 49.3 Å². The third-order valence-electron chi connectivity index (χ3n) is 1.98. The highest BCUT2D eigenvalue weighted by Gasteiger charge is 2.10. The molecule has 1 aromatic carbocycles. The molecule has 1 aromatic rings. The Kier molecular flexibility index (Phi) is 4.05. The van der Waals surface area contributed by atoms with Crippen LogP contribution in [-0.4, -0.2) is 17.1 Å². The molecule has 1 atom stereocenters. The van der Waals surface area contributed by atoms with Crippen molar-refractivity contribution in [1.29, 1.82) is 0 Å². The Balaban J connectivity index is 2.62. The lowest BCUT2D eigenvalue weighted by Gasteiger charge is -2.10. The maximum Gasteiger partial charge on any atom is 0.320 e. The normalized spacial score (nSPS) is 12.5. The molecule has 0 amide bonds. The van der Waals surface area contributed by atoms with Crippen molar-refractivity contribution >= 4 is 17.6 Å². The van der Waals surface area contributed by atoms with E-state index in [1.54, 1.807) is 0 Å². The molecule has 0 spiro atoms. The number of carboxylic acid groups (broad SMARTS) is 1. The van der Waals surface area contributed by atoms with E-state index in [4.69, 9.17) is 16.7 Å². The maximum absolute atomic E-state index is 12.7. The lowest BCUT2D eigenvalue weighted by molar-refractivity contribution is -0.139. The van der Waals surface area contributed by atoms with Crippen LogP contribution in [0, 0.1) is 5.82 Å². The lowest BCUT2D eigenvalue weighted by Crippen LogP contribution is -2.33. The minimum absolute atomic E-state index is 0.292. The van der Waals surface area contributed by atoms with E-state index in [1.165, 1.54) is 25.1 Å². The van der Waals surface area contributed by atoms with E-state index < -0.39 is 17.8 Å². The van der Waals surface area contributed by atoms with E-state index in [1.807, 2.05) is 0 Å². The molecule has 82 valence electrons. The van der Waals surface area contributed by atoms with Crippen LogP contribution in [0.2, 0.25) is 5.02 Å². The predicted octanol–water partition coefficient (Wildman–Crippen LogP) is 2.04. The van der Waals surface area contributed by atoms with Gasteiger partial charge in [-0.05, 0) is 24.6 Å². The van der Waals surface area contributed by atoms with Gasteiger partial charge in [-0.25, -0.2) is 4.39 Å². The van der Waals surface area contributed by atoms with E-state index in [-0.39, 0.29) is 0 Å². The van der Waals surface area contributed by atoms with Gasteiger partial charge in [0, 0.05) is 11.6 Å². The smallest absolute Gasteiger partial charge is 0.320 e. The molecule has 5 heteroatoms. The summed E-state index contributed by atoms with van der Waals surface area (Å²) in [5.74, 6) is -1.34. The average Bonchev–Trinajstić information content (AvgIpc) is 2.15. The fourth-order valence-electron chi connectivity index (χ4n) is 1.02. The summed E-state index contributed by atoms with van der Waals surface area (Å²) in [6, 6.07) is 3.35. The lowest BCUT2D eigenvalue weighted by atomic mass is 10.2. The second kappa shape index (κ2) is 5.09. The first-order chi connectivity index (χ1) is 7.00. The van der Waals surface area contributed by atoms with Gasteiger partial charge in [-0.15, -0.1) is 0 Å². The Morgan fingerprint density at radius 3 is 2.87 bits per heavy atom. The monoisotopic (exact) mass is 231 g/mol. The Hall–Kier alpha value is -1.13. The maximum atomic E-state index is 12.7. The van der Waals surface area contributed by atoms with Crippen LogP contribution in [0.4, 0.5) is 4.39 Å². The van der Waals surface area contributed by atoms with E-state index in [0.717, 1.165) is 0 Å². The molecule has 0 aromatic heterocycles. The number of halogens is 2. The van der Waals surface area contributed by atoms with E-state index in [0.29, 0.717) is 17.1 Å². The van der Waals surface area contributed by atoms with Crippen LogP contribution >= 0.6 is 11.6 Å². The van der Waals surface area contributed by atoms with Gasteiger partial charge < -0.3 is 10.4 Å². The Morgan fingerprint density at radius 1 is 1.67 bits per heavy atom. The zero-order chi connectivity index (χ0) is 11.4. The number of carbonyl (C=O) groups is 1. The molecule has 3 nitrogen and oxygen atoms in total. The van der Waals surface area contributed by atoms with Crippen LogP contribution in [-0.2, 0) is 11.3 Å². The van der Waals surface area contributed by atoms with Crippen molar-refractivity contribution in [2.75, 3.05) is 0 Å². The minimum atomic E-state index is -0.937. The van der Waals surface area contributed by atoms with Crippen LogP contribution in [0.3, 0.4) is 0 Å². The molecule has 0 radical (unpaired) electrons. The molecule has 0 aliphatic rings. The third-order valence-corrected chi connectivity index (χ3v) is 2.34. The summed E-state index contributed by atoms with van der Waals surface area (Å²) < 4.78 is 12.7. The summed E-state index contributed by atoms with van der Waals surface area (Å²) in [6.45, 7) is 1.83. The number of nitrogens with one attached hydrogen (secondary N) is 1. The van der Waals surface area contributed by atoms with Gasteiger partial charge in [0.05, 0.1) is 0 Å². The molecular formula is C10H11ClFNO2. The number of rotatable bonds is 4. The van der Waals surface area contributed by atoms with Crippen molar-refractivity contribution in [2.24, 2.45) is 0 Å². The van der Waals surface area contributed by atoms with Gasteiger partial charge in [0.25, 0.3) is 0 Å². The molecule has 0 bridgehead atoms. The molecule has 0 unspecified atom stereocenters. The Morgan fingerprint density at radius 2 is 2.33 bits per heavy atom. The number of hydrogen-bond acceptors (Lipinski definition) is 2. The van der Waals surface area contributed by atoms with Gasteiger partial charge in [0.2, 0.25) is 0 Å². The highest BCUT2D eigenvalue weighted by atomic mass is 35.5. The fourth-order valence-corrected chi connectivity index (χ4v) is 1.25. The van der Waals surface area contributed by atoms with Crippen molar-refractivity contribution in [3.8, 4) is 0 Å². The first kappa shape index (κ1) is 11.9. The number of aliphatic carboxylic acids is 1. The third kappa shape index (κ3) is 3.49. The van der Waals surface area contributed by atoms with Gasteiger partial charge >= 0.3 is 5.97 Å². The van der Waals surface area contributed by atoms with Gasteiger partial charge in [-0.3, -0.25) is 4.79 Å². The second-order valence-corrected chi connectivity index (χ2v) is 3.58. The number of benzene rings is 1. The molecule has 15 heavy (non-hydrogen) atoms. The van der Waals surface area contributed by atoms with Crippen molar-refractivity contribution in [3.63, 3.8) is 0 Å². The summed E-state index contributed by atoms with van der Waals surface area (Å²) in [7, 11) is 0. The van der Waals surface area contributed by atoms with Gasteiger partial charge in [0.15, 0.2) is 0 Å². The predicted molar refractivity (Wildman–Crippen MR) is 55.3 cm³/mol.